The average Bonchev–Trinajstić information content (AvgIpc) is 3.04. The molecule has 0 bridgehead atoms. The number of sulfonamides is 1. The van der Waals surface area contributed by atoms with Crippen LogP contribution in [-0.4, -0.2) is 41.8 Å². The van der Waals surface area contributed by atoms with E-state index >= 15 is 0 Å². The molecule has 0 spiro atoms. The maximum absolute atomic E-state index is 13.2. The molecule has 5 nitrogen and oxygen atoms in total. The first-order valence-corrected chi connectivity index (χ1v) is 10.6. The topological polar surface area (TPSA) is 55.2 Å². The zero-order chi connectivity index (χ0) is 19.2. The van der Waals surface area contributed by atoms with Crippen LogP contribution in [0.3, 0.4) is 0 Å². The van der Waals surface area contributed by atoms with E-state index in [2.05, 4.69) is 5.10 Å². The van der Waals surface area contributed by atoms with Crippen LogP contribution < -0.4 is 0 Å². The molecule has 27 heavy (non-hydrogen) atoms. The smallest absolute Gasteiger partial charge is 0.211 e. The Morgan fingerprint density at radius 2 is 1.93 bits per heavy atom. The zero-order valence-electron chi connectivity index (χ0n) is 14.6. The first-order chi connectivity index (χ1) is 12.8. The minimum atomic E-state index is -3.19. The molecule has 4 rings (SSSR count). The third-order valence-corrected chi connectivity index (χ3v) is 6.30. The van der Waals surface area contributed by atoms with Gasteiger partial charge in [0.25, 0.3) is 0 Å². The predicted octanol–water partition coefficient (Wildman–Crippen LogP) is 3.87. The van der Waals surface area contributed by atoms with Crippen molar-refractivity contribution < 1.29 is 12.8 Å². The van der Waals surface area contributed by atoms with Crippen LogP contribution in [0.4, 0.5) is 4.39 Å². The summed E-state index contributed by atoms with van der Waals surface area (Å²) in [5.41, 5.74) is 3.48. The summed E-state index contributed by atoms with van der Waals surface area (Å²) in [5, 5.41) is 5.88. The molecule has 0 saturated carbocycles. The van der Waals surface area contributed by atoms with Gasteiger partial charge in [0.05, 0.1) is 28.7 Å². The number of benzene rings is 2. The van der Waals surface area contributed by atoms with Crippen molar-refractivity contribution in [2.75, 3.05) is 19.3 Å². The Morgan fingerprint density at radius 3 is 2.56 bits per heavy atom. The highest BCUT2D eigenvalue weighted by atomic mass is 35.5. The van der Waals surface area contributed by atoms with Crippen molar-refractivity contribution in [1.29, 1.82) is 0 Å². The fourth-order valence-corrected chi connectivity index (χ4v) is 4.33. The Kier molecular flexibility index (Phi) is 4.53. The summed E-state index contributed by atoms with van der Waals surface area (Å²) < 4.78 is 39.7. The van der Waals surface area contributed by atoms with Gasteiger partial charge >= 0.3 is 0 Å². The summed E-state index contributed by atoms with van der Waals surface area (Å²) in [4.78, 5) is 0. The number of hydrogen-bond acceptors (Lipinski definition) is 3. The molecule has 140 valence electrons. The average molecular weight is 406 g/mol. The van der Waals surface area contributed by atoms with Gasteiger partial charge in [-0.1, -0.05) is 17.7 Å². The van der Waals surface area contributed by atoms with Crippen molar-refractivity contribution in [3.8, 4) is 5.69 Å². The van der Waals surface area contributed by atoms with Gasteiger partial charge in [-0.15, -0.1) is 0 Å². The van der Waals surface area contributed by atoms with Crippen LogP contribution in [0, 0.1) is 5.82 Å². The fourth-order valence-electron chi connectivity index (χ4n) is 3.28. The fraction of sp³-hybridized carbons (Fsp3) is 0.211. The van der Waals surface area contributed by atoms with Crippen LogP contribution in [0.5, 0.6) is 0 Å². The first kappa shape index (κ1) is 18.2. The maximum atomic E-state index is 13.2. The largest absolute Gasteiger partial charge is 0.233 e. The minimum absolute atomic E-state index is 0.303. The van der Waals surface area contributed by atoms with Crippen LogP contribution in [0.25, 0.3) is 22.2 Å². The van der Waals surface area contributed by atoms with E-state index in [1.165, 1.54) is 22.7 Å². The lowest BCUT2D eigenvalue weighted by Crippen LogP contribution is -2.33. The summed E-state index contributed by atoms with van der Waals surface area (Å²) in [6.45, 7) is 0.783. The Bertz CT molecular complexity index is 1150. The van der Waals surface area contributed by atoms with Crippen LogP contribution in [0.1, 0.15) is 12.0 Å². The second-order valence-corrected chi connectivity index (χ2v) is 8.91. The normalized spacial score (nSPS) is 15.9. The molecular weight excluding hydrogens is 389 g/mol. The van der Waals surface area contributed by atoms with E-state index in [1.54, 1.807) is 23.0 Å². The Balaban J connectivity index is 1.72. The third-order valence-electron chi connectivity index (χ3n) is 4.71. The highest BCUT2D eigenvalue weighted by Crippen LogP contribution is 2.33. The molecule has 3 aromatic rings. The number of fused-ring (bicyclic) bond motifs is 1. The van der Waals surface area contributed by atoms with E-state index in [-0.39, 0.29) is 5.82 Å². The number of hydrogen-bond donors (Lipinski definition) is 0. The highest BCUT2D eigenvalue weighted by Gasteiger charge is 2.21. The van der Waals surface area contributed by atoms with Gasteiger partial charge in [-0.2, -0.15) is 9.40 Å². The van der Waals surface area contributed by atoms with E-state index < -0.39 is 10.0 Å². The van der Waals surface area contributed by atoms with Gasteiger partial charge in [0.15, 0.2) is 0 Å². The van der Waals surface area contributed by atoms with Crippen molar-refractivity contribution in [3.05, 3.63) is 65.1 Å². The number of nitrogens with zero attached hydrogens (tertiary/aromatic N) is 3. The molecule has 0 N–H and O–H groups in total. The van der Waals surface area contributed by atoms with Gasteiger partial charge in [-0.05, 0) is 54.0 Å². The molecular formula is C19H17ClFN3O2S. The van der Waals surface area contributed by atoms with Gasteiger partial charge in [-0.3, -0.25) is 0 Å². The predicted molar refractivity (Wildman–Crippen MR) is 105 cm³/mol. The monoisotopic (exact) mass is 405 g/mol. The Labute approximate surface area is 161 Å². The summed E-state index contributed by atoms with van der Waals surface area (Å²) in [6, 6.07) is 9.90. The molecule has 0 fully saturated rings. The van der Waals surface area contributed by atoms with Crippen molar-refractivity contribution in [2.45, 2.75) is 6.42 Å². The van der Waals surface area contributed by atoms with Crippen molar-refractivity contribution in [1.82, 2.24) is 14.1 Å². The van der Waals surface area contributed by atoms with Crippen LogP contribution in [0.2, 0.25) is 5.02 Å². The maximum Gasteiger partial charge on any atom is 0.211 e. The molecule has 0 radical (unpaired) electrons. The lowest BCUT2D eigenvalue weighted by atomic mass is 9.99. The Hall–Kier alpha value is -2.22. The van der Waals surface area contributed by atoms with Crippen molar-refractivity contribution in [2.24, 2.45) is 0 Å². The molecule has 2 aromatic carbocycles. The summed E-state index contributed by atoms with van der Waals surface area (Å²) in [5.74, 6) is -0.303. The lowest BCUT2D eigenvalue weighted by Gasteiger charge is -2.24. The van der Waals surface area contributed by atoms with Gasteiger partial charge in [0.2, 0.25) is 10.0 Å². The van der Waals surface area contributed by atoms with Gasteiger partial charge in [0.1, 0.15) is 5.82 Å². The van der Waals surface area contributed by atoms with Gasteiger partial charge in [-0.25, -0.2) is 17.5 Å². The van der Waals surface area contributed by atoms with Crippen LogP contribution in [0.15, 0.2) is 48.7 Å². The summed E-state index contributed by atoms with van der Waals surface area (Å²) in [6.07, 6.45) is 5.46. The molecule has 2 heterocycles. The second-order valence-electron chi connectivity index (χ2n) is 6.52. The van der Waals surface area contributed by atoms with Crippen molar-refractivity contribution >= 4 is 38.1 Å². The molecule has 0 aliphatic carbocycles. The van der Waals surface area contributed by atoms with E-state index in [9.17, 15) is 12.8 Å². The van der Waals surface area contributed by atoms with E-state index in [0.717, 1.165) is 27.7 Å². The van der Waals surface area contributed by atoms with Crippen LogP contribution in [-0.2, 0) is 10.0 Å². The number of rotatable bonds is 3. The van der Waals surface area contributed by atoms with Crippen molar-refractivity contribution in [3.63, 3.8) is 0 Å². The van der Waals surface area contributed by atoms with Gasteiger partial charge < -0.3 is 0 Å². The molecule has 1 aromatic heterocycles. The second kappa shape index (κ2) is 6.74. The zero-order valence-corrected chi connectivity index (χ0v) is 16.1. The minimum Gasteiger partial charge on any atom is -0.233 e. The quantitative estimate of drug-likeness (QED) is 0.664. The van der Waals surface area contributed by atoms with E-state index in [4.69, 9.17) is 11.6 Å². The summed E-state index contributed by atoms with van der Waals surface area (Å²) >= 11 is 6.53. The highest BCUT2D eigenvalue weighted by molar-refractivity contribution is 7.88. The molecule has 0 amide bonds. The standard InChI is InChI=1S/C19H17ClFN3O2S/c1-27(25,26)23-8-6-13(7-9-23)17-10-14-12-22-24(19(14)11-18(17)20)16-4-2-15(21)3-5-16/h2-6,10-12H,7-9H2,1H3. The molecule has 0 atom stereocenters. The summed E-state index contributed by atoms with van der Waals surface area (Å²) in [7, 11) is -3.19. The third kappa shape index (κ3) is 3.50. The van der Waals surface area contributed by atoms with Gasteiger partial charge in [0, 0.05) is 18.5 Å². The molecule has 0 saturated heterocycles. The lowest BCUT2D eigenvalue weighted by molar-refractivity contribution is 0.446. The molecule has 1 aliphatic heterocycles. The van der Waals surface area contributed by atoms with E-state index in [1.807, 2.05) is 18.2 Å². The SMILES string of the molecule is CS(=O)(=O)N1CC=C(c2cc3cnn(-c4ccc(F)cc4)c3cc2Cl)CC1. The Morgan fingerprint density at radius 1 is 1.19 bits per heavy atom. The number of aromatic nitrogens is 2. The van der Waals surface area contributed by atoms with Crippen LogP contribution >= 0.6 is 11.6 Å². The van der Waals surface area contributed by atoms with E-state index in [0.29, 0.717) is 24.5 Å². The molecule has 1 aliphatic rings. The first-order valence-electron chi connectivity index (χ1n) is 8.41. The molecule has 8 heteroatoms. The molecule has 0 unspecified atom stereocenters. The number of halogens is 2.